The van der Waals surface area contributed by atoms with Gasteiger partial charge in [0.05, 0.1) is 0 Å². The Morgan fingerprint density at radius 2 is 2.14 bits per heavy atom. The molecule has 0 amide bonds. The van der Waals surface area contributed by atoms with Crippen LogP contribution in [0.3, 0.4) is 0 Å². The van der Waals surface area contributed by atoms with Gasteiger partial charge in [0.15, 0.2) is 0 Å². The molecule has 0 radical (unpaired) electrons. The molecule has 0 fully saturated rings. The van der Waals surface area contributed by atoms with Crippen LogP contribution in [0.25, 0.3) is 0 Å². The maximum absolute atomic E-state index is 11.4. The van der Waals surface area contributed by atoms with E-state index in [2.05, 4.69) is 0 Å². The Bertz CT molecular complexity index is 60.7. The Morgan fingerprint density at radius 3 is 2.29 bits per heavy atom. The Kier molecular flexibility index (Phi) is 4.81. The van der Waals surface area contributed by atoms with Crippen LogP contribution < -0.4 is 0 Å². The van der Waals surface area contributed by atoms with Gasteiger partial charge in [-0.2, -0.15) is 0 Å². The van der Waals surface area contributed by atoms with E-state index in [1.165, 1.54) is 6.08 Å². The molecule has 0 N–H and O–H groups in total. The molecule has 0 bridgehead atoms. The standard InChI is InChI=1S/C4H7.2FH.Sn/c1-3-4-2;;;/h3-4H,1H2,2H3;2*1H;/q;;;+3/p-2/b4-3+;;;. The van der Waals surface area contributed by atoms with E-state index < -0.39 is 20.9 Å². The summed E-state index contributed by atoms with van der Waals surface area (Å²) in [7, 11) is 0. The third-order valence-electron chi connectivity index (χ3n) is 0.508. The number of allylic oxidation sites excluding steroid dienone is 2. The first kappa shape index (κ1) is 7.40. The van der Waals surface area contributed by atoms with Crippen LogP contribution in [0, 0.1) is 0 Å². The Balaban J connectivity index is 2.97. The minimum atomic E-state index is -3.73. The van der Waals surface area contributed by atoms with Crippen LogP contribution in [-0.4, -0.2) is 20.9 Å². The van der Waals surface area contributed by atoms with Gasteiger partial charge in [0.2, 0.25) is 0 Å². The van der Waals surface area contributed by atoms with Gasteiger partial charge in [-0.05, 0) is 0 Å². The first-order chi connectivity index (χ1) is 3.27. The molecule has 40 valence electrons. The molecular weight excluding hydrogens is 205 g/mol. The molecule has 0 saturated carbocycles. The van der Waals surface area contributed by atoms with Crippen molar-refractivity contribution >= 4 is 20.9 Å². The zero-order valence-electron chi connectivity index (χ0n) is 4.12. The van der Waals surface area contributed by atoms with Crippen molar-refractivity contribution in [2.24, 2.45) is 0 Å². The molecule has 0 unspecified atom stereocenters. The summed E-state index contributed by atoms with van der Waals surface area (Å²) in [5.74, 6) is 0. The summed E-state index contributed by atoms with van der Waals surface area (Å²) in [6.45, 7) is 1.76. The van der Waals surface area contributed by atoms with Crippen LogP contribution in [0.4, 0.5) is 5.73 Å². The zero-order chi connectivity index (χ0) is 5.70. The van der Waals surface area contributed by atoms with Crippen LogP contribution >= 0.6 is 0 Å². The summed E-state index contributed by atoms with van der Waals surface area (Å²) < 4.78 is 22.8. The normalized spacial score (nSPS) is 10.1. The summed E-state index contributed by atoms with van der Waals surface area (Å²) in [6.07, 6.45) is 3.20. The molecule has 0 rings (SSSR count). The van der Waals surface area contributed by atoms with E-state index in [0.717, 1.165) is 0 Å². The zero-order valence-corrected chi connectivity index (χ0v) is 6.97. The molecule has 0 nitrogen and oxygen atoms in total. The number of hydrogen-bond donors (Lipinski definition) is 0. The van der Waals surface area contributed by atoms with Gasteiger partial charge >= 0.3 is 50.2 Å². The summed E-state index contributed by atoms with van der Waals surface area (Å²) in [4.78, 5) is 0. The molecule has 0 spiro atoms. The Labute approximate surface area is 50.5 Å². The van der Waals surface area contributed by atoms with Gasteiger partial charge in [0, 0.05) is 0 Å². The first-order valence-corrected chi connectivity index (χ1v) is 6.23. The molecule has 0 heterocycles. The third kappa shape index (κ3) is 6.40. The van der Waals surface area contributed by atoms with Crippen molar-refractivity contribution in [3.63, 3.8) is 0 Å². The molecule has 0 atom stereocenters. The summed E-state index contributed by atoms with van der Waals surface area (Å²) in [5.41, 5.74) is 0. The van der Waals surface area contributed by atoms with Crippen molar-refractivity contribution in [2.75, 3.05) is 0 Å². The summed E-state index contributed by atoms with van der Waals surface area (Å²) in [5, 5.41) is 0. The van der Waals surface area contributed by atoms with E-state index in [4.69, 9.17) is 0 Å². The first-order valence-electron chi connectivity index (χ1n) is 2.05. The Hall–Kier alpha value is 0.399. The van der Waals surface area contributed by atoms with E-state index in [1.807, 2.05) is 0 Å². The molecular formula is C4H7F2Sn+. The summed E-state index contributed by atoms with van der Waals surface area (Å²) in [6, 6.07) is 0. The van der Waals surface area contributed by atoms with Crippen molar-refractivity contribution < 1.29 is 5.73 Å². The second-order valence-corrected chi connectivity index (χ2v) is 4.21. The fraction of sp³-hybridized carbons (Fsp3) is 0.500. The number of rotatable bonds is 2. The van der Waals surface area contributed by atoms with Crippen molar-refractivity contribution in [3.05, 3.63) is 12.2 Å². The molecule has 0 aromatic rings. The van der Waals surface area contributed by atoms with Crippen molar-refractivity contribution in [1.29, 1.82) is 0 Å². The third-order valence-corrected chi connectivity index (χ3v) is 2.06. The topological polar surface area (TPSA) is 0 Å². The van der Waals surface area contributed by atoms with Gasteiger partial charge in [0.25, 0.3) is 0 Å². The van der Waals surface area contributed by atoms with Gasteiger partial charge in [0.1, 0.15) is 0 Å². The molecule has 3 heteroatoms. The van der Waals surface area contributed by atoms with Crippen molar-refractivity contribution in [2.45, 2.75) is 11.4 Å². The van der Waals surface area contributed by atoms with Crippen LogP contribution in [0.1, 0.15) is 6.92 Å². The fourth-order valence-electron chi connectivity index (χ4n) is 0.207. The number of halogens is 2. The van der Waals surface area contributed by atoms with Gasteiger partial charge in [-0.3, -0.25) is 0 Å². The predicted molar refractivity (Wildman–Crippen MR) is 27.6 cm³/mol. The van der Waals surface area contributed by atoms with E-state index in [1.54, 1.807) is 13.0 Å². The monoisotopic (exact) mass is 213 g/mol. The fourth-order valence-corrected chi connectivity index (χ4v) is 1.39. The van der Waals surface area contributed by atoms with Gasteiger partial charge < -0.3 is 0 Å². The molecule has 0 aliphatic heterocycles. The second-order valence-electron chi connectivity index (χ2n) is 1.11. The molecule has 0 aliphatic carbocycles. The maximum atomic E-state index is 11.4. The van der Waals surface area contributed by atoms with Crippen LogP contribution in [0.15, 0.2) is 12.2 Å². The molecule has 0 aromatic carbocycles. The average Bonchev–Trinajstić information content (AvgIpc) is 1.61. The predicted octanol–water partition coefficient (Wildman–Crippen LogP) is 1.99. The van der Waals surface area contributed by atoms with Crippen molar-refractivity contribution in [3.8, 4) is 0 Å². The Morgan fingerprint density at radius 1 is 1.57 bits per heavy atom. The average molecular weight is 212 g/mol. The molecule has 0 aromatic heterocycles. The van der Waals surface area contributed by atoms with Crippen molar-refractivity contribution in [1.82, 2.24) is 0 Å². The molecule has 0 aliphatic rings. The second kappa shape index (κ2) is 4.55. The van der Waals surface area contributed by atoms with Gasteiger partial charge in [-0.25, -0.2) is 0 Å². The van der Waals surface area contributed by atoms with E-state index >= 15 is 0 Å². The van der Waals surface area contributed by atoms with Crippen LogP contribution in [0.2, 0.25) is 4.44 Å². The van der Waals surface area contributed by atoms with E-state index in [0.29, 0.717) is 0 Å². The van der Waals surface area contributed by atoms with Gasteiger partial charge in [-0.1, -0.05) is 0 Å². The molecule has 7 heavy (non-hydrogen) atoms. The summed E-state index contributed by atoms with van der Waals surface area (Å²) >= 11 is -3.73. The van der Waals surface area contributed by atoms with E-state index in [-0.39, 0.29) is 4.44 Å². The SMILES string of the molecule is C/C=C/[CH2][Sn+]([F])[F]. The van der Waals surface area contributed by atoms with Crippen LogP contribution in [0.5, 0.6) is 0 Å². The quantitative estimate of drug-likeness (QED) is 0.484. The molecule has 0 saturated heterocycles. The number of hydrogen-bond acceptors (Lipinski definition) is 0. The van der Waals surface area contributed by atoms with Gasteiger partial charge in [-0.15, -0.1) is 0 Å². The van der Waals surface area contributed by atoms with E-state index in [9.17, 15) is 5.73 Å². The minimum absolute atomic E-state index is 0.0821. The van der Waals surface area contributed by atoms with Crippen LogP contribution in [-0.2, 0) is 0 Å².